The van der Waals surface area contributed by atoms with Gasteiger partial charge in [0.15, 0.2) is 0 Å². The van der Waals surface area contributed by atoms with Gasteiger partial charge in [-0.2, -0.15) is 0 Å². The van der Waals surface area contributed by atoms with E-state index in [-0.39, 0.29) is 16.8 Å². The lowest BCUT2D eigenvalue weighted by molar-refractivity contribution is -0.118. The molecule has 1 amide bonds. The fraction of sp³-hybridized carbons (Fsp3) is 0.125. The minimum atomic E-state index is -0.104. The molecule has 0 radical (unpaired) electrons. The summed E-state index contributed by atoms with van der Waals surface area (Å²) in [5, 5.41) is 3.30. The Hall–Kier alpha value is -1.91. The van der Waals surface area contributed by atoms with Crippen LogP contribution in [0.4, 0.5) is 5.69 Å². The molecule has 0 fully saturated rings. The molecule has 5 heteroatoms. The summed E-state index contributed by atoms with van der Waals surface area (Å²) in [6, 6.07) is 13.1. The van der Waals surface area contributed by atoms with Crippen molar-refractivity contribution in [3.63, 3.8) is 0 Å². The topological polar surface area (TPSA) is 55.1 Å². The van der Waals surface area contributed by atoms with Gasteiger partial charge in [-0.1, -0.05) is 48.1 Å². The zero-order chi connectivity index (χ0) is 15.0. The normalized spacial score (nSPS) is 15.8. The third kappa shape index (κ3) is 2.64. The van der Waals surface area contributed by atoms with Crippen LogP contribution in [0.5, 0.6) is 0 Å². The smallest absolute Gasteiger partial charge is 0.232 e. The molecule has 2 aromatic carbocycles. The van der Waals surface area contributed by atoms with Gasteiger partial charge in [-0.25, -0.2) is 0 Å². The van der Waals surface area contributed by atoms with Crippen molar-refractivity contribution >= 4 is 40.4 Å². The van der Waals surface area contributed by atoms with E-state index in [9.17, 15) is 4.79 Å². The van der Waals surface area contributed by atoms with Crippen LogP contribution in [0.2, 0.25) is 5.02 Å². The van der Waals surface area contributed by atoms with Crippen molar-refractivity contribution in [1.82, 2.24) is 0 Å². The Morgan fingerprint density at radius 1 is 1.29 bits per heavy atom. The molecule has 0 aliphatic heterocycles. The number of nitrogens with two attached hydrogens (primary N) is 1. The van der Waals surface area contributed by atoms with Gasteiger partial charge in [0.2, 0.25) is 5.91 Å². The molecule has 1 aliphatic carbocycles. The summed E-state index contributed by atoms with van der Waals surface area (Å²) in [4.78, 5) is 12.6. The molecule has 3 nitrogen and oxygen atoms in total. The fourth-order valence-corrected chi connectivity index (χ4v) is 2.84. The maximum absolute atomic E-state index is 12.3. The van der Waals surface area contributed by atoms with Crippen molar-refractivity contribution in [2.45, 2.75) is 12.3 Å². The molecular formula is C16H13ClN2OS. The van der Waals surface area contributed by atoms with Crippen molar-refractivity contribution in [1.29, 1.82) is 0 Å². The number of anilines is 1. The van der Waals surface area contributed by atoms with Crippen molar-refractivity contribution in [3.8, 4) is 0 Å². The third-order valence-corrected chi connectivity index (χ3v) is 4.23. The van der Waals surface area contributed by atoms with E-state index in [2.05, 4.69) is 5.32 Å². The van der Waals surface area contributed by atoms with Gasteiger partial charge in [0.05, 0.1) is 16.6 Å². The van der Waals surface area contributed by atoms with Crippen molar-refractivity contribution < 1.29 is 4.79 Å². The van der Waals surface area contributed by atoms with Gasteiger partial charge in [0.25, 0.3) is 0 Å². The first-order valence-electron chi connectivity index (χ1n) is 6.54. The quantitative estimate of drug-likeness (QED) is 0.855. The molecule has 3 N–H and O–H groups in total. The first-order valence-corrected chi connectivity index (χ1v) is 7.33. The number of thiocarbonyl (C=S) groups is 1. The molecule has 1 aliphatic rings. The number of carbonyl (C=O) groups is 1. The molecule has 21 heavy (non-hydrogen) atoms. The predicted octanol–water partition coefficient (Wildman–Crippen LogP) is 3.25. The number of carbonyl (C=O) groups excluding carboxylic acids is 1. The van der Waals surface area contributed by atoms with Crippen LogP contribution in [0.15, 0.2) is 42.5 Å². The standard InChI is InChI=1S/C16H13ClN2OS/c17-13-8-10(15(18)21)5-6-14(13)19-16(20)12-7-9-3-1-2-4-11(9)12/h1-6,8,12H,7H2,(H2,18,21)(H,19,20). The Kier molecular flexibility index (Phi) is 3.66. The highest BCUT2D eigenvalue weighted by Gasteiger charge is 2.31. The van der Waals surface area contributed by atoms with Crippen molar-refractivity contribution in [2.24, 2.45) is 5.73 Å². The molecule has 0 saturated heterocycles. The summed E-state index contributed by atoms with van der Waals surface area (Å²) in [6.45, 7) is 0. The second-order valence-electron chi connectivity index (χ2n) is 5.00. The van der Waals surface area contributed by atoms with E-state index in [1.807, 2.05) is 24.3 Å². The number of hydrogen-bond donors (Lipinski definition) is 2. The molecule has 1 atom stereocenters. The molecule has 106 valence electrons. The fourth-order valence-electron chi connectivity index (χ4n) is 2.48. The van der Waals surface area contributed by atoms with E-state index in [0.29, 0.717) is 16.3 Å². The van der Waals surface area contributed by atoms with E-state index in [1.54, 1.807) is 18.2 Å². The number of benzene rings is 2. The summed E-state index contributed by atoms with van der Waals surface area (Å²) in [5.41, 5.74) is 9.13. The lowest BCUT2D eigenvalue weighted by Crippen LogP contribution is -2.30. The molecule has 0 aromatic heterocycles. The number of rotatable bonds is 3. The van der Waals surface area contributed by atoms with E-state index >= 15 is 0 Å². The van der Waals surface area contributed by atoms with Gasteiger partial charge >= 0.3 is 0 Å². The minimum absolute atomic E-state index is 0.0429. The van der Waals surface area contributed by atoms with Crippen molar-refractivity contribution in [3.05, 3.63) is 64.2 Å². The first kappa shape index (κ1) is 14.0. The Labute approximate surface area is 133 Å². The van der Waals surface area contributed by atoms with E-state index in [4.69, 9.17) is 29.6 Å². The Bertz CT molecular complexity index is 745. The molecule has 0 saturated carbocycles. The number of nitrogens with one attached hydrogen (secondary N) is 1. The van der Waals surface area contributed by atoms with Gasteiger partial charge < -0.3 is 11.1 Å². The van der Waals surface area contributed by atoms with Crippen molar-refractivity contribution in [2.75, 3.05) is 5.32 Å². The van der Waals surface area contributed by atoms with Gasteiger partial charge in [0, 0.05) is 5.56 Å². The van der Waals surface area contributed by atoms with E-state index in [0.717, 1.165) is 12.0 Å². The molecule has 2 aromatic rings. The van der Waals surface area contributed by atoms with Crippen LogP contribution < -0.4 is 11.1 Å². The maximum atomic E-state index is 12.3. The lowest BCUT2D eigenvalue weighted by atomic mass is 9.77. The van der Waals surface area contributed by atoms with Gasteiger partial charge in [-0.15, -0.1) is 0 Å². The second-order valence-corrected chi connectivity index (χ2v) is 5.85. The summed E-state index contributed by atoms with van der Waals surface area (Å²) >= 11 is 11.1. The largest absolute Gasteiger partial charge is 0.389 e. The summed E-state index contributed by atoms with van der Waals surface area (Å²) < 4.78 is 0. The number of hydrogen-bond acceptors (Lipinski definition) is 2. The third-order valence-electron chi connectivity index (χ3n) is 3.68. The van der Waals surface area contributed by atoms with Gasteiger partial charge in [-0.05, 0) is 35.7 Å². The summed E-state index contributed by atoms with van der Waals surface area (Å²) in [5.74, 6) is -0.147. The van der Waals surface area contributed by atoms with Crippen LogP contribution in [-0.4, -0.2) is 10.9 Å². The summed E-state index contributed by atoms with van der Waals surface area (Å²) in [6.07, 6.45) is 0.768. The summed E-state index contributed by atoms with van der Waals surface area (Å²) in [7, 11) is 0. The SMILES string of the molecule is NC(=S)c1ccc(NC(=O)C2Cc3ccccc32)c(Cl)c1. The highest BCUT2D eigenvalue weighted by molar-refractivity contribution is 7.80. The molecule has 0 heterocycles. The number of fused-ring (bicyclic) bond motifs is 1. The zero-order valence-electron chi connectivity index (χ0n) is 11.1. The maximum Gasteiger partial charge on any atom is 0.232 e. The van der Waals surface area contributed by atoms with Gasteiger partial charge in [0.1, 0.15) is 4.99 Å². The monoisotopic (exact) mass is 316 g/mol. The Morgan fingerprint density at radius 3 is 2.71 bits per heavy atom. The van der Waals surface area contributed by atoms with Crippen LogP contribution in [-0.2, 0) is 11.2 Å². The zero-order valence-corrected chi connectivity index (χ0v) is 12.7. The minimum Gasteiger partial charge on any atom is -0.389 e. The van der Waals surface area contributed by atoms with Gasteiger partial charge in [-0.3, -0.25) is 4.79 Å². The lowest BCUT2D eigenvalue weighted by Gasteiger charge is -2.29. The average molecular weight is 317 g/mol. The van der Waals surface area contributed by atoms with E-state index < -0.39 is 0 Å². The second kappa shape index (κ2) is 5.47. The average Bonchev–Trinajstić information content (AvgIpc) is 2.42. The highest BCUT2D eigenvalue weighted by Crippen LogP contribution is 2.36. The Morgan fingerprint density at radius 2 is 2.05 bits per heavy atom. The van der Waals surface area contributed by atoms with Crippen LogP contribution >= 0.6 is 23.8 Å². The predicted molar refractivity (Wildman–Crippen MR) is 88.9 cm³/mol. The number of halogens is 1. The van der Waals surface area contributed by atoms with Crippen LogP contribution in [0, 0.1) is 0 Å². The van der Waals surface area contributed by atoms with E-state index in [1.165, 1.54) is 5.56 Å². The number of amides is 1. The van der Waals surface area contributed by atoms with Crippen LogP contribution in [0.25, 0.3) is 0 Å². The van der Waals surface area contributed by atoms with Crippen LogP contribution in [0.1, 0.15) is 22.6 Å². The molecule has 0 bridgehead atoms. The molecule has 1 unspecified atom stereocenters. The Balaban J connectivity index is 1.76. The molecule has 0 spiro atoms. The molecule has 3 rings (SSSR count). The highest BCUT2D eigenvalue weighted by atomic mass is 35.5. The molecular weight excluding hydrogens is 304 g/mol. The van der Waals surface area contributed by atoms with Crippen LogP contribution in [0.3, 0.4) is 0 Å². The first-order chi connectivity index (χ1) is 10.1.